The predicted octanol–water partition coefficient (Wildman–Crippen LogP) is 0.292. The zero-order valence-electron chi connectivity index (χ0n) is 9.60. The number of aryl methyl sites for hydroxylation is 2. The molecule has 1 rings (SSSR count). The zero-order chi connectivity index (χ0) is 12.7. The summed E-state index contributed by atoms with van der Waals surface area (Å²) in [6.07, 6.45) is 1.14. The summed E-state index contributed by atoms with van der Waals surface area (Å²) in [5.74, 6) is -0.0307. The highest BCUT2D eigenvalue weighted by Gasteiger charge is 2.07. The minimum atomic E-state index is -0.861. The Kier molecular flexibility index (Phi) is 5.12. The third-order valence-electron chi connectivity index (χ3n) is 2.03. The van der Waals surface area contributed by atoms with E-state index >= 15 is 0 Å². The summed E-state index contributed by atoms with van der Waals surface area (Å²) >= 11 is 0. The number of carboxylic acid groups (broad SMARTS) is 1. The molecule has 0 spiro atoms. The number of carbonyl (C=O) groups excluding carboxylic acids is 1. The Morgan fingerprint density at radius 1 is 1.41 bits per heavy atom. The molecule has 0 saturated heterocycles. The van der Waals surface area contributed by atoms with Crippen molar-refractivity contribution in [2.75, 3.05) is 6.54 Å². The topological polar surface area (TPSA) is 105 Å². The van der Waals surface area contributed by atoms with E-state index in [2.05, 4.69) is 15.5 Å². The molecule has 0 bridgehead atoms. The predicted molar refractivity (Wildman–Crippen MR) is 57.2 cm³/mol. The number of nitrogens with zero attached hydrogens (tertiary/aromatic N) is 2. The first-order valence-electron chi connectivity index (χ1n) is 5.35. The van der Waals surface area contributed by atoms with Gasteiger partial charge < -0.3 is 14.9 Å². The second-order valence-electron chi connectivity index (χ2n) is 3.58. The Morgan fingerprint density at radius 3 is 2.76 bits per heavy atom. The van der Waals surface area contributed by atoms with Gasteiger partial charge in [-0.1, -0.05) is 5.16 Å². The molecule has 0 fully saturated rings. The molecule has 7 heteroatoms. The number of aromatic nitrogens is 2. The van der Waals surface area contributed by atoms with Crippen molar-refractivity contribution >= 4 is 11.9 Å². The number of carbonyl (C=O) groups is 2. The molecular formula is C10H15N3O4. The number of aliphatic carboxylic acids is 1. The number of hydrogen-bond donors (Lipinski definition) is 2. The van der Waals surface area contributed by atoms with Crippen molar-refractivity contribution in [1.29, 1.82) is 0 Å². The average molecular weight is 241 g/mol. The van der Waals surface area contributed by atoms with Crippen LogP contribution in [-0.2, 0) is 16.0 Å². The van der Waals surface area contributed by atoms with Crippen LogP contribution in [0.2, 0.25) is 0 Å². The number of rotatable bonds is 7. The van der Waals surface area contributed by atoms with Gasteiger partial charge in [-0.25, -0.2) is 0 Å². The first-order chi connectivity index (χ1) is 8.08. The molecule has 0 aliphatic heterocycles. The summed E-state index contributed by atoms with van der Waals surface area (Å²) in [4.78, 5) is 25.5. The van der Waals surface area contributed by atoms with E-state index in [9.17, 15) is 9.59 Å². The van der Waals surface area contributed by atoms with Gasteiger partial charge in [-0.3, -0.25) is 9.59 Å². The molecule has 17 heavy (non-hydrogen) atoms. The monoisotopic (exact) mass is 241 g/mol. The van der Waals surface area contributed by atoms with Crippen LogP contribution in [0.15, 0.2) is 4.52 Å². The summed E-state index contributed by atoms with van der Waals surface area (Å²) in [6, 6.07) is 0. The maximum Gasteiger partial charge on any atom is 0.303 e. The van der Waals surface area contributed by atoms with Crippen molar-refractivity contribution in [2.24, 2.45) is 0 Å². The van der Waals surface area contributed by atoms with E-state index in [1.54, 1.807) is 6.92 Å². The molecule has 1 aromatic rings. The van der Waals surface area contributed by atoms with Gasteiger partial charge in [-0.2, -0.15) is 4.98 Å². The van der Waals surface area contributed by atoms with Gasteiger partial charge in [0.1, 0.15) is 0 Å². The zero-order valence-corrected chi connectivity index (χ0v) is 9.60. The van der Waals surface area contributed by atoms with Gasteiger partial charge in [-0.05, 0) is 13.3 Å². The van der Waals surface area contributed by atoms with Crippen LogP contribution < -0.4 is 5.32 Å². The first-order valence-corrected chi connectivity index (χ1v) is 5.35. The van der Waals surface area contributed by atoms with Gasteiger partial charge in [0.2, 0.25) is 11.8 Å². The third-order valence-corrected chi connectivity index (χ3v) is 2.03. The summed E-state index contributed by atoms with van der Waals surface area (Å²) < 4.78 is 4.85. The number of amides is 1. The lowest BCUT2D eigenvalue weighted by Gasteiger charge is -2.02. The summed E-state index contributed by atoms with van der Waals surface area (Å²) in [7, 11) is 0. The van der Waals surface area contributed by atoms with E-state index in [1.807, 2.05) is 0 Å². The highest BCUT2D eigenvalue weighted by molar-refractivity contribution is 5.76. The number of hydrogen-bond acceptors (Lipinski definition) is 5. The van der Waals surface area contributed by atoms with Gasteiger partial charge in [-0.15, -0.1) is 0 Å². The average Bonchev–Trinajstić information content (AvgIpc) is 2.67. The SMILES string of the molecule is Cc1noc(CCC(=O)NCCCC(=O)O)n1. The van der Waals surface area contributed by atoms with Crippen LogP contribution in [0.1, 0.15) is 31.0 Å². The largest absolute Gasteiger partial charge is 0.481 e. The molecule has 0 aliphatic rings. The maximum atomic E-state index is 11.3. The fourth-order valence-corrected chi connectivity index (χ4v) is 1.22. The minimum Gasteiger partial charge on any atom is -0.481 e. The van der Waals surface area contributed by atoms with Crippen LogP contribution >= 0.6 is 0 Å². The van der Waals surface area contributed by atoms with Crippen LogP contribution in [0.4, 0.5) is 0 Å². The highest BCUT2D eigenvalue weighted by atomic mass is 16.5. The molecule has 7 nitrogen and oxygen atoms in total. The molecular weight excluding hydrogens is 226 g/mol. The van der Waals surface area contributed by atoms with E-state index < -0.39 is 5.97 Å². The van der Waals surface area contributed by atoms with Gasteiger partial charge in [0.05, 0.1) is 0 Å². The van der Waals surface area contributed by atoms with Crippen molar-refractivity contribution in [3.63, 3.8) is 0 Å². The summed E-state index contributed by atoms with van der Waals surface area (Å²) in [6.45, 7) is 2.08. The molecule has 2 N–H and O–H groups in total. The first kappa shape index (κ1) is 13.1. The van der Waals surface area contributed by atoms with Crippen LogP contribution in [0.3, 0.4) is 0 Å². The molecule has 1 aromatic heterocycles. The Balaban J connectivity index is 2.11. The van der Waals surface area contributed by atoms with Crippen LogP contribution in [0.5, 0.6) is 0 Å². The quantitative estimate of drug-likeness (QED) is 0.665. The summed E-state index contributed by atoms with van der Waals surface area (Å²) in [5, 5.41) is 14.6. The molecule has 0 atom stereocenters. The fraction of sp³-hybridized carbons (Fsp3) is 0.600. The van der Waals surface area contributed by atoms with Gasteiger partial charge >= 0.3 is 5.97 Å². The Hall–Kier alpha value is -1.92. The fourth-order valence-electron chi connectivity index (χ4n) is 1.22. The molecule has 0 aliphatic carbocycles. The van der Waals surface area contributed by atoms with Crippen LogP contribution in [0.25, 0.3) is 0 Å². The van der Waals surface area contributed by atoms with E-state index in [0.29, 0.717) is 31.1 Å². The van der Waals surface area contributed by atoms with Crippen LogP contribution in [0, 0.1) is 6.92 Å². The van der Waals surface area contributed by atoms with E-state index in [1.165, 1.54) is 0 Å². The molecule has 0 aromatic carbocycles. The van der Waals surface area contributed by atoms with Gasteiger partial charge in [0.25, 0.3) is 0 Å². The van der Waals surface area contributed by atoms with E-state index in [4.69, 9.17) is 9.63 Å². The van der Waals surface area contributed by atoms with Crippen molar-refractivity contribution in [3.05, 3.63) is 11.7 Å². The van der Waals surface area contributed by atoms with Crippen molar-refractivity contribution in [1.82, 2.24) is 15.5 Å². The molecule has 0 saturated carbocycles. The second kappa shape index (κ2) is 6.62. The second-order valence-corrected chi connectivity index (χ2v) is 3.58. The summed E-state index contributed by atoms with van der Waals surface area (Å²) in [5.41, 5.74) is 0. The number of nitrogens with one attached hydrogen (secondary N) is 1. The van der Waals surface area contributed by atoms with Crippen molar-refractivity contribution in [2.45, 2.75) is 32.6 Å². The normalized spacial score (nSPS) is 10.2. The Bertz CT molecular complexity index is 389. The van der Waals surface area contributed by atoms with E-state index in [-0.39, 0.29) is 18.7 Å². The highest BCUT2D eigenvalue weighted by Crippen LogP contribution is 1.99. The molecule has 94 valence electrons. The standard InChI is InChI=1S/C10H15N3O4/c1-7-12-9(17-13-7)5-4-8(14)11-6-2-3-10(15)16/h2-6H2,1H3,(H,11,14)(H,15,16). The van der Waals surface area contributed by atoms with Crippen LogP contribution in [-0.4, -0.2) is 33.7 Å². The maximum absolute atomic E-state index is 11.3. The molecule has 0 radical (unpaired) electrons. The minimum absolute atomic E-state index is 0.0587. The Labute approximate surface area is 98.2 Å². The Morgan fingerprint density at radius 2 is 2.18 bits per heavy atom. The molecule has 0 unspecified atom stereocenters. The lowest BCUT2D eigenvalue weighted by atomic mass is 10.2. The lowest BCUT2D eigenvalue weighted by Crippen LogP contribution is -2.25. The van der Waals surface area contributed by atoms with Gasteiger partial charge in [0.15, 0.2) is 5.82 Å². The van der Waals surface area contributed by atoms with Crippen molar-refractivity contribution in [3.8, 4) is 0 Å². The lowest BCUT2D eigenvalue weighted by molar-refractivity contribution is -0.137. The van der Waals surface area contributed by atoms with Crippen molar-refractivity contribution < 1.29 is 19.2 Å². The van der Waals surface area contributed by atoms with Gasteiger partial charge in [0, 0.05) is 25.8 Å². The third kappa shape index (κ3) is 5.64. The smallest absolute Gasteiger partial charge is 0.303 e. The van der Waals surface area contributed by atoms with E-state index in [0.717, 1.165) is 0 Å². The number of carboxylic acids is 1. The molecule has 1 heterocycles. The molecule has 1 amide bonds.